The molecule has 12 atom stereocenters. The van der Waals surface area contributed by atoms with Gasteiger partial charge in [0.15, 0.2) is 12.1 Å². The largest absolute Gasteiger partial charge is 0.462 e. The van der Waals surface area contributed by atoms with Crippen LogP contribution in [0.2, 0.25) is 0 Å². The lowest BCUT2D eigenvalue weighted by Crippen LogP contribution is -2.65. The molecule has 0 amide bonds. The molecular formula is C41H66O5. The summed E-state index contributed by atoms with van der Waals surface area (Å²) in [5.41, 5.74) is 3.55. The van der Waals surface area contributed by atoms with E-state index < -0.39 is 6.29 Å². The van der Waals surface area contributed by atoms with Gasteiger partial charge in [0.25, 0.3) is 0 Å². The normalized spacial score (nSPS) is 48.4. The monoisotopic (exact) mass is 638 g/mol. The highest BCUT2D eigenvalue weighted by atomic mass is 16.7. The molecule has 7 unspecified atom stereocenters. The summed E-state index contributed by atoms with van der Waals surface area (Å²) in [5.74, 6) is 3.19. The molecule has 0 spiro atoms. The van der Waals surface area contributed by atoms with Crippen molar-refractivity contribution < 1.29 is 23.8 Å². The van der Waals surface area contributed by atoms with Gasteiger partial charge in [-0.15, -0.1) is 0 Å². The van der Waals surface area contributed by atoms with Crippen molar-refractivity contribution in [1.82, 2.24) is 0 Å². The zero-order valence-corrected chi connectivity index (χ0v) is 31.2. The molecule has 46 heavy (non-hydrogen) atoms. The van der Waals surface area contributed by atoms with E-state index in [1.54, 1.807) is 0 Å². The first-order valence-electron chi connectivity index (χ1n) is 19.2. The van der Waals surface area contributed by atoms with Crippen LogP contribution in [0.25, 0.3) is 0 Å². The first kappa shape index (κ1) is 34.7. The Balaban J connectivity index is 1.31. The number of Topliss-reactive ketones (excluding diaryl/α,β-unsaturated/α-hetero) is 1. The average Bonchev–Trinajstić information content (AvgIpc) is 3.28. The minimum Gasteiger partial charge on any atom is -0.462 e. The van der Waals surface area contributed by atoms with Gasteiger partial charge in [0.2, 0.25) is 0 Å². The van der Waals surface area contributed by atoms with E-state index in [1.165, 1.54) is 51.0 Å². The Labute approximate surface area is 280 Å². The van der Waals surface area contributed by atoms with Gasteiger partial charge >= 0.3 is 5.97 Å². The second kappa shape index (κ2) is 11.7. The molecule has 260 valence electrons. The minimum atomic E-state index is -0.423. The molecule has 0 aromatic heterocycles. The summed E-state index contributed by atoms with van der Waals surface area (Å²) in [7, 11) is 0. The first-order chi connectivity index (χ1) is 21.4. The van der Waals surface area contributed by atoms with Gasteiger partial charge in [-0.2, -0.15) is 0 Å². The van der Waals surface area contributed by atoms with Crippen molar-refractivity contribution >= 4 is 11.8 Å². The third-order valence-corrected chi connectivity index (χ3v) is 16.3. The van der Waals surface area contributed by atoms with Crippen LogP contribution in [0, 0.1) is 62.6 Å². The lowest BCUT2D eigenvalue weighted by molar-refractivity contribution is -0.250. The van der Waals surface area contributed by atoms with E-state index in [4.69, 9.17) is 14.2 Å². The molecule has 5 heteroatoms. The Kier molecular flexibility index (Phi) is 8.82. The van der Waals surface area contributed by atoms with Crippen LogP contribution in [0.3, 0.4) is 0 Å². The SMILES string of the molecule is CCC1OC(OC[C@@]23CC[C@]4(C)C(CCC5[C@@]6(C)CC[C@H](C)C(C)(C)C6CC[C@]54C)C2=C(C(C)C)C(=O)C3)CC(OC(C)=O)C1C. The molecule has 0 bridgehead atoms. The molecule has 6 rings (SSSR count). The van der Waals surface area contributed by atoms with Gasteiger partial charge in [-0.1, -0.05) is 74.8 Å². The van der Waals surface area contributed by atoms with Crippen LogP contribution >= 0.6 is 0 Å². The van der Waals surface area contributed by atoms with E-state index in [1.807, 2.05) is 0 Å². The number of ketones is 1. The number of hydrogen-bond acceptors (Lipinski definition) is 5. The third kappa shape index (κ3) is 4.96. The number of hydrogen-bond donors (Lipinski definition) is 0. The van der Waals surface area contributed by atoms with E-state index in [0.717, 1.165) is 42.6 Å². The standard InChI is InChI=1S/C41H66O5/c1-12-30-26(5)31(45-27(6)42)21-34(46-30)44-23-41-20-19-39(10)28(36(41)35(24(2)3)29(43)22-41)13-14-33-38(9)17-15-25(4)37(7,8)32(38)16-18-40(33,39)11/h24-26,28,30-34H,12-23H2,1-11H3/t25-,26?,28?,30?,31?,32?,33?,34?,38-,39+,40+,41-/m0/s1. The molecule has 1 aliphatic heterocycles. The van der Waals surface area contributed by atoms with Crippen LogP contribution in [-0.2, 0) is 23.8 Å². The number of esters is 1. The van der Waals surface area contributed by atoms with E-state index in [-0.39, 0.29) is 46.3 Å². The third-order valence-electron chi connectivity index (χ3n) is 16.3. The van der Waals surface area contributed by atoms with Gasteiger partial charge in [-0.3, -0.25) is 9.59 Å². The Bertz CT molecular complexity index is 1250. The van der Waals surface area contributed by atoms with Crippen molar-refractivity contribution in [2.45, 2.75) is 165 Å². The van der Waals surface area contributed by atoms with Crippen molar-refractivity contribution in [3.8, 4) is 0 Å². The maximum Gasteiger partial charge on any atom is 0.302 e. The predicted octanol–water partition coefficient (Wildman–Crippen LogP) is 9.71. The highest BCUT2D eigenvalue weighted by molar-refractivity contribution is 6.00. The molecular weight excluding hydrogens is 572 g/mol. The van der Waals surface area contributed by atoms with Gasteiger partial charge in [0, 0.05) is 31.1 Å². The van der Waals surface area contributed by atoms with E-state index in [0.29, 0.717) is 42.0 Å². The maximum absolute atomic E-state index is 14.0. The Morgan fingerprint density at radius 1 is 0.935 bits per heavy atom. The number of rotatable bonds is 6. The fraction of sp³-hybridized carbons (Fsp3) is 0.902. The minimum absolute atomic E-state index is 0.0128. The highest BCUT2D eigenvalue weighted by Crippen LogP contribution is 2.77. The van der Waals surface area contributed by atoms with Crippen LogP contribution in [-0.4, -0.2) is 36.9 Å². The number of carbonyl (C=O) groups excluding carboxylic acids is 2. The molecule has 6 aliphatic rings. The molecule has 5 nitrogen and oxygen atoms in total. The predicted molar refractivity (Wildman–Crippen MR) is 183 cm³/mol. The summed E-state index contributed by atoms with van der Waals surface area (Å²) in [4.78, 5) is 26.0. The summed E-state index contributed by atoms with van der Waals surface area (Å²) in [5, 5.41) is 0. The lowest BCUT2D eigenvalue weighted by atomic mass is 9.32. The van der Waals surface area contributed by atoms with E-state index in [2.05, 4.69) is 69.2 Å². The maximum atomic E-state index is 14.0. The van der Waals surface area contributed by atoms with Crippen LogP contribution in [0.15, 0.2) is 11.1 Å². The van der Waals surface area contributed by atoms with Crippen molar-refractivity contribution in [3.05, 3.63) is 11.1 Å². The average molecular weight is 639 g/mol. The van der Waals surface area contributed by atoms with Crippen molar-refractivity contribution in [1.29, 1.82) is 0 Å². The summed E-state index contributed by atoms with van der Waals surface area (Å²) in [6.45, 7) is 26.4. The second-order valence-corrected chi connectivity index (χ2v) is 18.8. The first-order valence-corrected chi connectivity index (χ1v) is 19.2. The van der Waals surface area contributed by atoms with Gasteiger partial charge in [0.1, 0.15) is 6.10 Å². The second-order valence-electron chi connectivity index (χ2n) is 18.8. The zero-order valence-electron chi connectivity index (χ0n) is 31.2. The molecule has 1 heterocycles. The van der Waals surface area contributed by atoms with Crippen molar-refractivity contribution in [2.75, 3.05) is 6.61 Å². The fourth-order valence-electron chi connectivity index (χ4n) is 13.3. The smallest absolute Gasteiger partial charge is 0.302 e. The Morgan fingerprint density at radius 2 is 1.65 bits per heavy atom. The molecule has 0 aromatic rings. The van der Waals surface area contributed by atoms with Gasteiger partial charge in [0.05, 0.1) is 12.7 Å². The summed E-state index contributed by atoms with van der Waals surface area (Å²) >= 11 is 0. The number of allylic oxidation sites excluding steroid dienone is 1. The zero-order chi connectivity index (χ0) is 33.6. The van der Waals surface area contributed by atoms with Crippen LogP contribution in [0.5, 0.6) is 0 Å². The van der Waals surface area contributed by atoms with Gasteiger partial charge in [-0.05, 0) is 115 Å². The number of carbonyl (C=O) groups is 2. The van der Waals surface area contributed by atoms with Gasteiger partial charge in [-0.25, -0.2) is 0 Å². The van der Waals surface area contributed by atoms with E-state index in [9.17, 15) is 9.59 Å². The summed E-state index contributed by atoms with van der Waals surface area (Å²) in [6, 6.07) is 0. The van der Waals surface area contributed by atoms with Crippen LogP contribution in [0.1, 0.15) is 147 Å². The Hall–Kier alpha value is -1.20. The molecule has 0 N–H and O–H groups in total. The summed E-state index contributed by atoms with van der Waals surface area (Å²) in [6.07, 6.45) is 11.3. The van der Waals surface area contributed by atoms with Crippen LogP contribution in [0.4, 0.5) is 0 Å². The van der Waals surface area contributed by atoms with Gasteiger partial charge < -0.3 is 14.2 Å². The number of ether oxygens (including phenoxy) is 3. The molecule has 0 aromatic carbocycles. The fourth-order valence-corrected chi connectivity index (χ4v) is 13.3. The molecule has 4 saturated carbocycles. The Morgan fingerprint density at radius 3 is 2.30 bits per heavy atom. The topological polar surface area (TPSA) is 61.8 Å². The molecule has 1 saturated heterocycles. The molecule has 5 aliphatic carbocycles. The summed E-state index contributed by atoms with van der Waals surface area (Å²) < 4.78 is 19.0. The molecule has 5 fully saturated rings. The number of fused-ring (bicyclic) bond motifs is 7. The quantitative estimate of drug-likeness (QED) is 0.271. The van der Waals surface area contributed by atoms with Crippen molar-refractivity contribution in [3.63, 3.8) is 0 Å². The van der Waals surface area contributed by atoms with Crippen LogP contribution < -0.4 is 0 Å². The van der Waals surface area contributed by atoms with E-state index >= 15 is 0 Å². The highest BCUT2D eigenvalue weighted by Gasteiger charge is 2.69. The van der Waals surface area contributed by atoms with Crippen molar-refractivity contribution in [2.24, 2.45) is 62.6 Å². The molecule has 0 radical (unpaired) electrons. The lowest BCUT2D eigenvalue weighted by Gasteiger charge is -2.72.